The molecule has 2 rings (SSSR count). The molecule has 0 aliphatic carbocycles. The molecule has 0 radical (unpaired) electrons. The van der Waals surface area contributed by atoms with Gasteiger partial charge in [-0.3, -0.25) is 4.72 Å². The molecule has 0 bridgehead atoms. The lowest BCUT2D eigenvalue weighted by Gasteiger charge is -2.10. The molecule has 0 aliphatic rings. The zero-order valence-electron chi connectivity index (χ0n) is 10.3. The van der Waals surface area contributed by atoms with Crippen LogP contribution in [0.25, 0.3) is 0 Å². The molecule has 106 valence electrons. The molecule has 4 nitrogen and oxygen atoms in total. The predicted octanol–water partition coefficient (Wildman–Crippen LogP) is 2.85. The first-order valence-corrected chi connectivity index (χ1v) is 7.97. The van der Waals surface area contributed by atoms with Gasteiger partial charge in [-0.25, -0.2) is 12.8 Å². The molecule has 0 heterocycles. The van der Waals surface area contributed by atoms with Crippen molar-refractivity contribution in [2.24, 2.45) is 5.73 Å². The average molecular weight is 359 g/mol. The minimum atomic E-state index is -3.74. The first kappa shape index (κ1) is 15.0. The highest BCUT2D eigenvalue weighted by Crippen LogP contribution is 2.25. The normalized spacial score (nSPS) is 11.3. The zero-order valence-corrected chi connectivity index (χ0v) is 12.7. The number of halogens is 2. The van der Waals surface area contributed by atoms with Crippen molar-refractivity contribution in [2.75, 3.05) is 4.72 Å². The summed E-state index contributed by atoms with van der Waals surface area (Å²) in [5.74, 6) is -0.429. The maximum Gasteiger partial charge on any atom is 0.263 e. The van der Waals surface area contributed by atoms with E-state index in [9.17, 15) is 12.8 Å². The molecular formula is C13H12BrFN2O2S. The molecule has 0 amide bonds. The maximum absolute atomic E-state index is 12.8. The molecule has 0 aliphatic heterocycles. The van der Waals surface area contributed by atoms with E-state index in [1.807, 2.05) is 0 Å². The Labute approximate surface area is 125 Å². The first-order chi connectivity index (χ1) is 9.42. The van der Waals surface area contributed by atoms with Gasteiger partial charge in [0.2, 0.25) is 0 Å². The van der Waals surface area contributed by atoms with Gasteiger partial charge < -0.3 is 5.73 Å². The highest BCUT2D eigenvalue weighted by Gasteiger charge is 2.17. The van der Waals surface area contributed by atoms with Crippen LogP contribution in [0.1, 0.15) is 5.56 Å². The van der Waals surface area contributed by atoms with Crippen molar-refractivity contribution in [1.82, 2.24) is 0 Å². The Hall–Kier alpha value is -1.44. The van der Waals surface area contributed by atoms with Gasteiger partial charge in [0, 0.05) is 16.7 Å². The quantitative estimate of drug-likeness (QED) is 0.882. The standard InChI is InChI=1S/C13H12BrFN2O2S/c14-12-7-9(8-16)1-6-13(12)20(18,19)17-11-4-2-10(15)3-5-11/h1-7,17H,8,16H2. The predicted molar refractivity (Wildman–Crippen MR) is 79.2 cm³/mol. The molecule has 7 heteroatoms. The Balaban J connectivity index is 2.33. The molecule has 0 spiro atoms. The van der Waals surface area contributed by atoms with Gasteiger partial charge in [0.25, 0.3) is 10.0 Å². The van der Waals surface area contributed by atoms with Crippen LogP contribution in [-0.2, 0) is 16.6 Å². The maximum atomic E-state index is 12.8. The second-order valence-electron chi connectivity index (χ2n) is 4.08. The molecule has 0 atom stereocenters. The van der Waals surface area contributed by atoms with Crippen LogP contribution in [0.3, 0.4) is 0 Å². The fourth-order valence-corrected chi connectivity index (χ4v) is 3.80. The smallest absolute Gasteiger partial charge is 0.263 e. The molecule has 0 saturated heterocycles. The Morgan fingerprint density at radius 1 is 1.15 bits per heavy atom. The summed E-state index contributed by atoms with van der Waals surface area (Å²) < 4.78 is 40.1. The summed E-state index contributed by atoms with van der Waals surface area (Å²) in [6.45, 7) is 0.324. The number of anilines is 1. The molecule has 0 unspecified atom stereocenters. The minimum absolute atomic E-state index is 0.0963. The van der Waals surface area contributed by atoms with E-state index < -0.39 is 15.8 Å². The van der Waals surface area contributed by atoms with Gasteiger partial charge in [0.15, 0.2) is 0 Å². The SMILES string of the molecule is NCc1ccc(S(=O)(=O)Nc2ccc(F)cc2)c(Br)c1. The number of hydrogen-bond donors (Lipinski definition) is 2. The van der Waals surface area contributed by atoms with E-state index in [0.717, 1.165) is 5.56 Å². The van der Waals surface area contributed by atoms with Crippen molar-refractivity contribution in [2.45, 2.75) is 11.4 Å². The van der Waals surface area contributed by atoms with Crippen LogP contribution in [0.2, 0.25) is 0 Å². The van der Waals surface area contributed by atoms with Crippen LogP contribution in [-0.4, -0.2) is 8.42 Å². The van der Waals surface area contributed by atoms with Gasteiger partial charge in [0.1, 0.15) is 10.7 Å². The second-order valence-corrected chi connectivity index (χ2v) is 6.59. The van der Waals surface area contributed by atoms with Crippen molar-refractivity contribution in [3.63, 3.8) is 0 Å². The number of benzene rings is 2. The highest BCUT2D eigenvalue weighted by molar-refractivity contribution is 9.10. The second kappa shape index (κ2) is 5.90. The van der Waals surface area contributed by atoms with Crippen LogP contribution < -0.4 is 10.5 Å². The zero-order chi connectivity index (χ0) is 14.8. The van der Waals surface area contributed by atoms with Crippen molar-refractivity contribution >= 4 is 31.6 Å². The molecule has 0 saturated carbocycles. The van der Waals surface area contributed by atoms with E-state index in [4.69, 9.17) is 5.73 Å². The summed E-state index contributed by atoms with van der Waals surface area (Å²) in [6, 6.07) is 9.85. The lowest BCUT2D eigenvalue weighted by Crippen LogP contribution is -2.14. The van der Waals surface area contributed by atoms with Crippen molar-refractivity contribution in [3.8, 4) is 0 Å². The van der Waals surface area contributed by atoms with Gasteiger partial charge in [-0.15, -0.1) is 0 Å². The molecule has 2 aromatic carbocycles. The average Bonchev–Trinajstić information content (AvgIpc) is 2.40. The summed E-state index contributed by atoms with van der Waals surface area (Å²) in [7, 11) is -3.74. The Morgan fingerprint density at radius 2 is 1.80 bits per heavy atom. The van der Waals surface area contributed by atoms with E-state index in [-0.39, 0.29) is 4.90 Å². The Bertz CT molecular complexity index is 718. The highest BCUT2D eigenvalue weighted by atomic mass is 79.9. The molecule has 3 N–H and O–H groups in total. The van der Waals surface area contributed by atoms with Crippen molar-refractivity contribution in [1.29, 1.82) is 0 Å². The molecule has 0 aromatic heterocycles. The first-order valence-electron chi connectivity index (χ1n) is 5.69. The number of nitrogens with one attached hydrogen (secondary N) is 1. The van der Waals surface area contributed by atoms with E-state index in [1.54, 1.807) is 12.1 Å². The number of hydrogen-bond acceptors (Lipinski definition) is 3. The lowest BCUT2D eigenvalue weighted by atomic mass is 10.2. The van der Waals surface area contributed by atoms with Crippen LogP contribution in [0.4, 0.5) is 10.1 Å². The number of sulfonamides is 1. The summed E-state index contributed by atoms with van der Waals surface area (Å²) in [6.07, 6.45) is 0. The van der Waals surface area contributed by atoms with Crippen LogP contribution in [0.15, 0.2) is 51.8 Å². The third-order valence-electron chi connectivity index (χ3n) is 2.62. The number of rotatable bonds is 4. The van der Waals surface area contributed by atoms with Gasteiger partial charge in [-0.05, 0) is 57.9 Å². The van der Waals surface area contributed by atoms with Gasteiger partial charge >= 0.3 is 0 Å². The fourth-order valence-electron chi connectivity index (χ4n) is 1.62. The molecule has 20 heavy (non-hydrogen) atoms. The molecule has 0 fully saturated rings. The van der Waals surface area contributed by atoms with Crippen LogP contribution in [0.5, 0.6) is 0 Å². The topological polar surface area (TPSA) is 72.2 Å². The Kier molecular flexibility index (Phi) is 4.42. The van der Waals surface area contributed by atoms with E-state index in [1.165, 1.54) is 30.3 Å². The summed E-state index contributed by atoms with van der Waals surface area (Å²) in [5, 5.41) is 0. The fraction of sp³-hybridized carbons (Fsp3) is 0.0769. The Morgan fingerprint density at radius 3 is 2.35 bits per heavy atom. The lowest BCUT2D eigenvalue weighted by molar-refractivity contribution is 0.600. The van der Waals surface area contributed by atoms with E-state index >= 15 is 0 Å². The van der Waals surface area contributed by atoms with E-state index in [2.05, 4.69) is 20.7 Å². The monoisotopic (exact) mass is 358 g/mol. The summed E-state index contributed by atoms with van der Waals surface area (Å²) in [4.78, 5) is 0.0963. The van der Waals surface area contributed by atoms with Gasteiger partial charge in [-0.2, -0.15) is 0 Å². The third kappa shape index (κ3) is 3.36. The largest absolute Gasteiger partial charge is 0.326 e. The summed E-state index contributed by atoms with van der Waals surface area (Å²) in [5.41, 5.74) is 6.60. The molecule has 2 aromatic rings. The van der Waals surface area contributed by atoms with Crippen molar-refractivity contribution in [3.05, 3.63) is 58.3 Å². The van der Waals surface area contributed by atoms with Crippen LogP contribution >= 0.6 is 15.9 Å². The van der Waals surface area contributed by atoms with E-state index in [0.29, 0.717) is 16.7 Å². The third-order valence-corrected chi connectivity index (χ3v) is 4.98. The molecular weight excluding hydrogens is 347 g/mol. The number of nitrogens with two attached hydrogens (primary N) is 1. The minimum Gasteiger partial charge on any atom is -0.326 e. The van der Waals surface area contributed by atoms with Gasteiger partial charge in [-0.1, -0.05) is 6.07 Å². The van der Waals surface area contributed by atoms with Crippen molar-refractivity contribution < 1.29 is 12.8 Å². The van der Waals surface area contributed by atoms with Gasteiger partial charge in [0.05, 0.1) is 0 Å². The summed E-state index contributed by atoms with van der Waals surface area (Å²) >= 11 is 3.21. The van der Waals surface area contributed by atoms with Crippen LogP contribution in [0, 0.1) is 5.82 Å².